The summed E-state index contributed by atoms with van der Waals surface area (Å²) in [7, 11) is 1.68. The maximum absolute atomic E-state index is 6.17. The van der Waals surface area contributed by atoms with Gasteiger partial charge in [-0.2, -0.15) is 0 Å². The predicted octanol–water partition coefficient (Wildman–Crippen LogP) is 3.49. The number of nitrogens with zero attached hydrogens (tertiary/aromatic N) is 2. The van der Waals surface area contributed by atoms with Gasteiger partial charge in [0.2, 0.25) is 5.95 Å². The Labute approximate surface area is 128 Å². The molecule has 1 aromatic carbocycles. The molecule has 6 heteroatoms. The first kappa shape index (κ1) is 15.2. The van der Waals surface area contributed by atoms with Gasteiger partial charge < -0.3 is 14.6 Å². The molecule has 0 unspecified atom stereocenters. The Morgan fingerprint density at radius 2 is 2.20 bits per heavy atom. The van der Waals surface area contributed by atoms with E-state index in [0.717, 1.165) is 31.0 Å². The van der Waals surface area contributed by atoms with Crippen molar-refractivity contribution >= 4 is 29.2 Å². The van der Waals surface area contributed by atoms with E-state index in [4.69, 9.17) is 27.9 Å². The Hall–Kier alpha value is -1.23. The van der Waals surface area contributed by atoms with Gasteiger partial charge in [-0.1, -0.05) is 29.3 Å². The van der Waals surface area contributed by atoms with Crippen LogP contribution in [0.4, 0.5) is 5.95 Å². The lowest BCUT2D eigenvalue weighted by atomic mass is 10.1. The number of aromatic nitrogens is 2. The molecule has 0 aliphatic carbocycles. The van der Waals surface area contributed by atoms with Crippen LogP contribution in [0, 0.1) is 0 Å². The third-order valence-electron chi connectivity index (χ3n) is 2.94. The molecule has 2 aromatic rings. The summed E-state index contributed by atoms with van der Waals surface area (Å²) >= 11 is 12.1. The molecule has 1 N–H and O–H groups in total. The van der Waals surface area contributed by atoms with Crippen molar-refractivity contribution in [1.82, 2.24) is 9.55 Å². The van der Waals surface area contributed by atoms with Gasteiger partial charge in [-0.15, -0.1) is 0 Å². The van der Waals surface area contributed by atoms with Crippen LogP contribution >= 0.6 is 23.2 Å². The van der Waals surface area contributed by atoms with E-state index < -0.39 is 0 Å². The Morgan fingerprint density at radius 3 is 2.95 bits per heavy atom. The van der Waals surface area contributed by atoms with E-state index in [1.54, 1.807) is 19.4 Å². The number of nitrogens with one attached hydrogen (secondary N) is 1. The van der Waals surface area contributed by atoms with Gasteiger partial charge in [0.05, 0.1) is 6.61 Å². The molecule has 1 aromatic heterocycles. The number of imidazole rings is 1. The molecule has 20 heavy (non-hydrogen) atoms. The minimum atomic E-state index is 0.649. The van der Waals surface area contributed by atoms with Crippen molar-refractivity contribution in [3.63, 3.8) is 0 Å². The Balaban J connectivity index is 1.95. The topological polar surface area (TPSA) is 39.1 Å². The molecule has 2 rings (SSSR count). The highest BCUT2D eigenvalue weighted by Crippen LogP contribution is 2.22. The first-order valence-corrected chi connectivity index (χ1v) is 7.14. The van der Waals surface area contributed by atoms with Crippen LogP contribution in [-0.4, -0.2) is 29.8 Å². The number of halogens is 2. The fourth-order valence-corrected chi connectivity index (χ4v) is 2.39. The van der Waals surface area contributed by atoms with Gasteiger partial charge in [-0.05, 0) is 24.1 Å². The summed E-state index contributed by atoms with van der Waals surface area (Å²) in [5.41, 5.74) is 1.08. The van der Waals surface area contributed by atoms with Crippen LogP contribution in [0.3, 0.4) is 0 Å². The smallest absolute Gasteiger partial charge is 0.202 e. The summed E-state index contributed by atoms with van der Waals surface area (Å²) in [5.74, 6) is 0.840. The van der Waals surface area contributed by atoms with E-state index in [2.05, 4.69) is 14.9 Å². The summed E-state index contributed by atoms with van der Waals surface area (Å²) < 4.78 is 7.06. The number of aryl methyl sites for hydroxylation is 2. The second kappa shape index (κ2) is 7.53. The molecule has 0 atom stereocenters. The average molecular weight is 314 g/mol. The number of anilines is 1. The summed E-state index contributed by atoms with van der Waals surface area (Å²) in [6.07, 6.45) is 4.54. The lowest BCUT2D eigenvalue weighted by Crippen LogP contribution is -2.13. The van der Waals surface area contributed by atoms with Crippen LogP contribution in [-0.2, 0) is 17.7 Å². The molecule has 0 saturated heterocycles. The van der Waals surface area contributed by atoms with Crippen LogP contribution in [0.25, 0.3) is 0 Å². The molecule has 108 valence electrons. The van der Waals surface area contributed by atoms with Gasteiger partial charge in [0.1, 0.15) is 0 Å². The summed E-state index contributed by atoms with van der Waals surface area (Å²) in [5, 5.41) is 4.58. The second-order valence-corrected chi connectivity index (χ2v) is 5.19. The number of methoxy groups -OCH3 is 1. The first-order valence-electron chi connectivity index (χ1n) is 6.38. The monoisotopic (exact) mass is 313 g/mol. The zero-order chi connectivity index (χ0) is 14.4. The lowest BCUT2D eigenvalue weighted by molar-refractivity contribution is 0.210. The summed E-state index contributed by atoms with van der Waals surface area (Å²) in [4.78, 5) is 4.28. The van der Waals surface area contributed by atoms with E-state index >= 15 is 0 Å². The highest BCUT2D eigenvalue weighted by atomic mass is 35.5. The van der Waals surface area contributed by atoms with Gasteiger partial charge >= 0.3 is 0 Å². The Bertz CT molecular complexity index is 557. The first-order chi connectivity index (χ1) is 9.70. The predicted molar refractivity (Wildman–Crippen MR) is 82.8 cm³/mol. The molecule has 4 nitrogen and oxygen atoms in total. The van der Waals surface area contributed by atoms with E-state index in [0.29, 0.717) is 16.7 Å². The number of benzene rings is 1. The second-order valence-electron chi connectivity index (χ2n) is 4.35. The normalized spacial score (nSPS) is 10.8. The van der Waals surface area contributed by atoms with Gasteiger partial charge in [-0.25, -0.2) is 4.98 Å². The minimum Gasteiger partial charge on any atom is -0.383 e. The molecule has 0 aliphatic rings. The molecule has 0 spiro atoms. The van der Waals surface area contributed by atoms with E-state index in [9.17, 15) is 0 Å². The molecular formula is C14H17Cl2N3O. The molecular weight excluding hydrogens is 297 g/mol. The molecule has 0 fully saturated rings. The quantitative estimate of drug-likeness (QED) is 0.795. The molecule has 1 heterocycles. The average Bonchev–Trinajstić information content (AvgIpc) is 2.86. The van der Waals surface area contributed by atoms with Gasteiger partial charge in [0.25, 0.3) is 0 Å². The van der Waals surface area contributed by atoms with Crippen molar-refractivity contribution in [1.29, 1.82) is 0 Å². The lowest BCUT2D eigenvalue weighted by Gasteiger charge is -2.10. The number of ether oxygens (including phenoxy) is 1. The summed E-state index contributed by atoms with van der Waals surface area (Å²) in [6.45, 7) is 2.18. The minimum absolute atomic E-state index is 0.649. The third-order valence-corrected chi connectivity index (χ3v) is 3.53. The molecule has 0 amide bonds. The van der Waals surface area contributed by atoms with Gasteiger partial charge in [0.15, 0.2) is 0 Å². The highest BCUT2D eigenvalue weighted by molar-refractivity contribution is 6.35. The molecule has 0 saturated carbocycles. The van der Waals surface area contributed by atoms with E-state index in [1.807, 2.05) is 18.3 Å². The van der Waals surface area contributed by atoms with Gasteiger partial charge in [-0.3, -0.25) is 0 Å². The highest BCUT2D eigenvalue weighted by Gasteiger charge is 2.05. The summed E-state index contributed by atoms with van der Waals surface area (Å²) in [6, 6.07) is 5.58. The van der Waals surface area contributed by atoms with Crippen LogP contribution in [0.2, 0.25) is 10.0 Å². The maximum Gasteiger partial charge on any atom is 0.202 e. The van der Waals surface area contributed by atoms with Crippen molar-refractivity contribution < 1.29 is 4.74 Å². The van der Waals surface area contributed by atoms with Crippen LogP contribution in [0.1, 0.15) is 5.56 Å². The standard InChI is InChI=1S/C14H17Cl2N3O/c1-20-9-6-18-14-17-5-8-19(14)7-4-11-2-3-12(15)10-13(11)16/h2-3,5,8,10H,4,6-7,9H2,1H3,(H,17,18). The zero-order valence-electron chi connectivity index (χ0n) is 11.3. The van der Waals surface area contributed by atoms with Crippen molar-refractivity contribution in [2.45, 2.75) is 13.0 Å². The van der Waals surface area contributed by atoms with Crippen molar-refractivity contribution in [3.8, 4) is 0 Å². The largest absolute Gasteiger partial charge is 0.383 e. The van der Waals surface area contributed by atoms with Crippen molar-refractivity contribution in [2.24, 2.45) is 0 Å². The van der Waals surface area contributed by atoms with Crippen LogP contribution in [0.5, 0.6) is 0 Å². The fourth-order valence-electron chi connectivity index (χ4n) is 1.89. The number of rotatable bonds is 7. The third kappa shape index (κ3) is 4.13. The van der Waals surface area contributed by atoms with E-state index in [-0.39, 0.29) is 0 Å². The molecule has 0 aliphatic heterocycles. The maximum atomic E-state index is 6.17. The zero-order valence-corrected chi connectivity index (χ0v) is 12.8. The SMILES string of the molecule is COCCNc1nccn1CCc1ccc(Cl)cc1Cl. The number of hydrogen-bond acceptors (Lipinski definition) is 3. The number of hydrogen-bond donors (Lipinski definition) is 1. The van der Waals surface area contributed by atoms with Crippen molar-refractivity contribution in [2.75, 3.05) is 25.6 Å². The van der Waals surface area contributed by atoms with Crippen LogP contribution < -0.4 is 5.32 Å². The Morgan fingerprint density at radius 1 is 1.35 bits per heavy atom. The van der Waals surface area contributed by atoms with E-state index in [1.165, 1.54) is 0 Å². The molecule has 0 radical (unpaired) electrons. The van der Waals surface area contributed by atoms with Crippen molar-refractivity contribution in [3.05, 3.63) is 46.2 Å². The fraction of sp³-hybridized carbons (Fsp3) is 0.357. The Kier molecular flexibility index (Phi) is 5.71. The van der Waals surface area contributed by atoms with Crippen LogP contribution in [0.15, 0.2) is 30.6 Å². The molecule has 0 bridgehead atoms. The van der Waals surface area contributed by atoms with Gasteiger partial charge in [0, 0.05) is 42.6 Å².